The normalized spacial score (nSPS) is 36.1. The largest absolute Gasteiger partial charge is 0.204 e. The van der Waals surface area contributed by atoms with Crippen molar-refractivity contribution in [1.29, 1.82) is 0 Å². The SMILES string of the molecule is CCCCC1CCC(C2CCC3CC(c4ccc(F)c(F)c4)CCC3C2)CC1. The van der Waals surface area contributed by atoms with Gasteiger partial charge in [0.15, 0.2) is 11.6 Å². The predicted molar refractivity (Wildman–Crippen MR) is 112 cm³/mol. The fraction of sp³-hybridized carbons (Fsp3) is 0.769. The Bertz CT molecular complexity index is 631. The van der Waals surface area contributed by atoms with Crippen molar-refractivity contribution in [2.24, 2.45) is 29.6 Å². The lowest BCUT2D eigenvalue weighted by Gasteiger charge is -2.45. The number of unbranched alkanes of at least 4 members (excludes halogenated alkanes) is 1. The van der Waals surface area contributed by atoms with Crippen LogP contribution in [0.25, 0.3) is 0 Å². The first-order chi connectivity index (χ1) is 13.6. The highest BCUT2D eigenvalue weighted by atomic mass is 19.2. The van der Waals surface area contributed by atoms with Gasteiger partial charge >= 0.3 is 0 Å². The Hall–Kier alpha value is -0.920. The maximum absolute atomic E-state index is 13.6. The van der Waals surface area contributed by atoms with Crippen molar-refractivity contribution in [1.82, 2.24) is 0 Å². The van der Waals surface area contributed by atoms with Crippen LogP contribution >= 0.6 is 0 Å². The van der Waals surface area contributed by atoms with Crippen molar-refractivity contribution < 1.29 is 8.78 Å². The predicted octanol–water partition coefficient (Wildman–Crippen LogP) is 8.26. The molecule has 0 N–H and O–H groups in total. The Kier molecular flexibility index (Phi) is 6.74. The molecule has 0 heterocycles. The van der Waals surface area contributed by atoms with Crippen LogP contribution in [0.4, 0.5) is 8.78 Å². The molecule has 0 spiro atoms. The third-order valence-electron chi connectivity index (χ3n) is 8.59. The van der Waals surface area contributed by atoms with Gasteiger partial charge in [-0.1, -0.05) is 45.1 Å². The molecule has 28 heavy (non-hydrogen) atoms. The van der Waals surface area contributed by atoms with Crippen LogP contribution in [0, 0.1) is 41.2 Å². The summed E-state index contributed by atoms with van der Waals surface area (Å²) < 4.78 is 26.9. The summed E-state index contributed by atoms with van der Waals surface area (Å²) in [6, 6.07) is 4.57. The molecule has 3 fully saturated rings. The van der Waals surface area contributed by atoms with Gasteiger partial charge in [0, 0.05) is 0 Å². The minimum atomic E-state index is -0.720. The fourth-order valence-electron chi connectivity index (χ4n) is 6.86. The van der Waals surface area contributed by atoms with Crippen LogP contribution in [0.2, 0.25) is 0 Å². The number of fused-ring (bicyclic) bond motifs is 1. The van der Waals surface area contributed by atoms with Crippen LogP contribution in [0.1, 0.15) is 102 Å². The van der Waals surface area contributed by atoms with Crippen LogP contribution in [0.15, 0.2) is 18.2 Å². The maximum Gasteiger partial charge on any atom is 0.159 e. The molecule has 3 aliphatic rings. The van der Waals surface area contributed by atoms with Gasteiger partial charge in [-0.25, -0.2) is 8.78 Å². The molecule has 0 radical (unpaired) electrons. The van der Waals surface area contributed by atoms with Crippen LogP contribution in [0.5, 0.6) is 0 Å². The summed E-state index contributed by atoms with van der Waals surface area (Å²) in [7, 11) is 0. The first-order valence-corrected chi connectivity index (χ1v) is 12.1. The van der Waals surface area contributed by atoms with Gasteiger partial charge in [0.1, 0.15) is 0 Å². The second kappa shape index (κ2) is 9.26. The highest BCUT2D eigenvalue weighted by molar-refractivity contribution is 5.22. The van der Waals surface area contributed by atoms with E-state index < -0.39 is 11.6 Å². The van der Waals surface area contributed by atoms with Gasteiger partial charge < -0.3 is 0 Å². The summed E-state index contributed by atoms with van der Waals surface area (Å²) >= 11 is 0. The third kappa shape index (κ3) is 4.62. The van der Waals surface area contributed by atoms with E-state index in [1.165, 1.54) is 89.2 Å². The lowest BCUT2D eigenvalue weighted by atomic mass is 9.60. The van der Waals surface area contributed by atoms with Crippen LogP contribution < -0.4 is 0 Å². The van der Waals surface area contributed by atoms with E-state index in [0.29, 0.717) is 5.92 Å². The van der Waals surface area contributed by atoms with E-state index in [2.05, 4.69) is 6.92 Å². The third-order valence-corrected chi connectivity index (χ3v) is 8.59. The molecule has 0 bridgehead atoms. The van der Waals surface area contributed by atoms with Crippen molar-refractivity contribution in [3.05, 3.63) is 35.4 Å². The van der Waals surface area contributed by atoms with Gasteiger partial charge in [0.25, 0.3) is 0 Å². The minimum absolute atomic E-state index is 0.432. The van der Waals surface area contributed by atoms with Crippen molar-refractivity contribution >= 4 is 0 Å². The fourth-order valence-corrected chi connectivity index (χ4v) is 6.86. The number of hydrogen-bond acceptors (Lipinski definition) is 0. The Morgan fingerprint density at radius 3 is 2.11 bits per heavy atom. The van der Waals surface area contributed by atoms with Crippen molar-refractivity contribution in [3.63, 3.8) is 0 Å². The molecular weight excluding hydrogens is 350 g/mol. The quantitative estimate of drug-likeness (QED) is 0.476. The van der Waals surface area contributed by atoms with E-state index in [4.69, 9.17) is 0 Å². The average Bonchev–Trinajstić information content (AvgIpc) is 2.74. The highest BCUT2D eigenvalue weighted by Gasteiger charge is 2.39. The Morgan fingerprint density at radius 2 is 1.39 bits per heavy atom. The molecule has 156 valence electrons. The Morgan fingerprint density at radius 1 is 0.750 bits per heavy atom. The molecule has 0 aromatic heterocycles. The first-order valence-electron chi connectivity index (χ1n) is 12.1. The molecule has 3 aliphatic carbocycles. The maximum atomic E-state index is 13.6. The van der Waals surface area contributed by atoms with E-state index in [1.807, 2.05) is 6.07 Å². The average molecular weight is 389 g/mol. The zero-order valence-corrected chi connectivity index (χ0v) is 17.6. The summed E-state index contributed by atoms with van der Waals surface area (Å²) in [5, 5.41) is 0. The van der Waals surface area contributed by atoms with E-state index in [-0.39, 0.29) is 0 Å². The number of rotatable bonds is 5. The molecule has 0 aliphatic heterocycles. The van der Waals surface area contributed by atoms with Gasteiger partial charge in [0.05, 0.1) is 0 Å². The number of benzene rings is 1. The monoisotopic (exact) mass is 388 g/mol. The number of halogens is 2. The Balaban J connectivity index is 1.28. The molecule has 3 saturated carbocycles. The van der Waals surface area contributed by atoms with Crippen LogP contribution in [-0.2, 0) is 0 Å². The summed E-state index contributed by atoms with van der Waals surface area (Å²) in [5.74, 6) is 3.69. The topological polar surface area (TPSA) is 0 Å². The summed E-state index contributed by atoms with van der Waals surface area (Å²) in [5.41, 5.74) is 1.02. The second-order valence-corrected chi connectivity index (χ2v) is 10.2. The smallest absolute Gasteiger partial charge is 0.159 e. The van der Waals surface area contributed by atoms with Gasteiger partial charge in [-0.15, -0.1) is 0 Å². The van der Waals surface area contributed by atoms with E-state index in [1.54, 1.807) is 0 Å². The first kappa shape index (κ1) is 20.4. The van der Waals surface area contributed by atoms with E-state index in [0.717, 1.165) is 41.6 Å². The van der Waals surface area contributed by atoms with Gasteiger partial charge in [-0.05, 0) is 105 Å². The molecule has 2 heteroatoms. The second-order valence-electron chi connectivity index (χ2n) is 10.2. The van der Waals surface area contributed by atoms with Crippen molar-refractivity contribution in [3.8, 4) is 0 Å². The number of hydrogen-bond donors (Lipinski definition) is 0. The summed E-state index contributed by atoms with van der Waals surface area (Å²) in [6.07, 6.45) is 18.0. The summed E-state index contributed by atoms with van der Waals surface area (Å²) in [6.45, 7) is 2.31. The van der Waals surface area contributed by atoms with Crippen LogP contribution in [0.3, 0.4) is 0 Å². The molecule has 4 atom stereocenters. The zero-order valence-electron chi connectivity index (χ0n) is 17.6. The zero-order chi connectivity index (χ0) is 19.5. The minimum Gasteiger partial charge on any atom is -0.204 e. The molecule has 1 aromatic carbocycles. The summed E-state index contributed by atoms with van der Waals surface area (Å²) in [4.78, 5) is 0. The molecule has 4 rings (SSSR count). The molecule has 0 nitrogen and oxygen atoms in total. The lowest BCUT2D eigenvalue weighted by molar-refractivity contribution is 0.0710. The van der Waals surface area contributed by atoms with Crippen molar-refractivity contribution in [2.75, 3.05) is 0 Å². The molecular formula is C26H38F2. The Labute approximate surface area is 170 Å². The van der Waals surface area contributed by atoms with Crippen LogP contribution in [-0.4, -0.2) is 0 Å². The molecule has 0 amide bonds. The van der Waals surface area contributed by atoms with Gasteiger partial charge in [0.2, 0.25) is 0 Å². The van der Waals surface area contributed by atoms with E-state index in [9.17, 15) is 8.78 Å². The molecule has 0 saturated heterocycles. The van der Waals surface area contributed by atoms with Crippen molar-refractivity contribution in [2.45, 2.75) is 96.3 Å². The molecule has 1 aromatic rings. The lowest BCUT2D eigenvalue weighted by Crippen LogP contribution is -2.34. The molecule has 4 unspecified atom stereocenters. The highest BCUT2D eigenvalue weighted by Crippen LogP contribution is 2.51. The van der Waals surface area contributed by atoms with Gasteiger partial charge in [-0.3, -0.25) is 0 Å². The van der Waals surface area contributed by atoms with E-state index >= 15 is 0 Å². The standard InChI is InChI=1S/C26H38F2/c1-2-3-4-18-5-7-19(8-6-18)20-9-10-22-16-23(12-11-21(22)15-20)24-13-14-25(27)26(28)17-24/h13-14,17-23H,2-12,15-16H2,1H3. The van der Waals surface area contributed by atoms with Gasteiger partial charge in [-0.2, -0.15) is 0 Å².